The summed E-state index contributed by atoms with van der Waals surface area (Å²) in [6.45, 7) is 4.48. The molecule has 8 heteroatoms. The summed E-state index contributed by atoms with van der Waals surface area (Å²) in [6.07, 6.45) is 4.40. The number of rotatable bonds is 9. The van der Waals surface area contributed by atoms with Gasteiger partial charge in [-0.05, 0) is 25.2 Å². The number of nitrogens with zero attached hydrogens (tertiary/aromatic N) is 1. The van der Waals surface area contributed by atoms with E-state index in [4.69, 9.17) is 20.4 Å². The van der Waals surface area contributed by atoms with Gasteiger partial charge < -0.3 is 20.9 Å². The van der Waals surface area contributed by atoms with Crippen molar-refractivity contribution in [1.82, 2.24) is 5.32 Å². The highest BCUT2D eigenvalue weighted by Gasteiger charge is 2.32. The fraction of sp³-hybridized carbons (Fsp3) is 0.812. The molecule has 0 bridgehead atoms. The lowest BCUT2D eigenvalue weighted by Gasteiger charge is -2.18. The van der Waals surface area contributed by atoms with E-state index in [1.54, 1.807) is 0 Å². The van der Waals surface area contributed by atoms with Gasteiger partial charge in [0.25, 0.3) is 0 Å². The van der Waals surface area contributed by atoms with E-state index < -0.39 is 12.2 Å². The van der Waals surface area contributed by atoms with Gasteiger partial charge in [0.15, 0.2) is 0 Å². The number of amidine groups is 1. The minimum absolute atomic E-state index is 0.112. The first-order valence-electron chi connectivity index (χ1n) is 8.64. The van der Waals surface area contributed by atoms with Gasteiger partial charge >= 0.3 is 12.2 Å². The van der Waals surface area contributed by atoms with E-state index in [-0.39, 0.29) is 17.8 Å². The molecule has 1 amide bonds. The van der Waals surface area contributed by atoms with Crippen LogP contribution in [-0.2, 0) is 9.57 Å². The first-order chi connectivity index (χ1) is 11.5. The number of hydrogen-bond donors (Lipinski definition) is 3. The molecule has 24 heavy (non-hydrogen) atoms. The van der Waals surface area contributed by atoms with Gasteiger partial charge in [-0.25, -0.2) is 9.59 Å². The second-order valence-electron chi connectivity index (χ2n) is 6.18. The molecule has 0 spiro atoms. The molecule has 0 heterocycles. The van der Waals surface area contributed by atoms with Gasteiger partial charge in [-0.2, -0.15) is 0 Å². The van der Waals surface area contributed by atoms with Crippen molar-refractivity contribution in [2.24, 2.45) is 22.7 Å². The highest BCUT2D eigenvalue weighted by Crippen LogP contribution is 2.26. The molecule has 3 atom stereocenters. The van der Waals surface area contributed by atoms with Gasteiger partial charge in [-0.1, -0.05) is 44.7 Å². The summed E-state index contributed by atoms with van der Waals surface area (Å²) >= 11 is 0. The topological polar surface area (TPSA) is 123 Å². The SMILES string of the molecule is CCCCC(CC)COC(=O)ON=C(N)[C@@H]1CCC[C@@H]1NC(=O)O. The third-order valence-electron chi connectivity index (χ3n) is 4.41. The van der Waals surface area contributed by atoms with Gasteiger partial charge in [0.1, 0.15) is 5.84 Å². The van der Waals surface area contributed by atoms with Gasteiger partial charge in [-0.3, -0.25) is 4.84 Å². The zero-order valence-corrected chi connectivity index (χ0v) is 14.5. The molecular weight excluding hydrogens is 314 g/mol. The van der Waals surface area contributed by atoms with Crippen LogP contribution in [0, 0.1) is 11.8 Å². The van der Waals surface area contributed by atoms with Crippen LogP contribution in [-0.4, -0.2) is 35.8 Å². The van der Waals surface area contributed by atoms with Gasteiger partial charge in [0, 0.05) is 12.0 Å². The summed E-state index contributed by atoms with van der Waals surface area (Å²) in [5, 5.41) is 14.8. The quantitative estimate of drug-likeness (QED) is 0.194. The smallest absolute Gasteiger partial charge is 0.465 e. The maximum Gasteiger partial charge on any atom is 0.535 e. The fourth-order valence-electron chi connectivity index (χ4n) is 2.91. The van der Waals surface area contributed by atoms with Crippen LogP contribution in [0.2, 0.25) is 0 Å². The molecule has 1 aliphatic rings. The van der Waals surface area contributed by atoms with E-state index in [0.717, 1.165) is 32.1 Å². The predicted octanol–water partition coefficient (Wildman–Crippen LogP) is 3.06. The Balaban J connectivity index is 2.40. The Bertz CT molecular complexity index is 441. The van der Waals surface area contributed by atoms with Crippen molar-refractivity contribution >= 4 is 18.1 Å². The molecule has 1 rings (SSSR count). The van der Waals surface area contributed by atoms with E-state index in [1.807, 2.05) is 0 Å². The highest BCUT2D eigenvalue weighted by molar-refractivity contribution is 5.84. The predicted molar refractivity (Wildman–Crippen MR) is 89.7 cm³/mol. The number of carbonyl (C=O) groups is 2. The van der Waals surface area contributed by atoms with Gasteiger partial charge in [0.2, 0.25) is 0 Å². The van der Waals surface area contributed by atoms with Crippen LogP contribution in [0.4, 0.5) is 9.59 Å². The minimum atomic E-state index is -1.10. The average Bonchev–Trinajstić information content (AvgIpc) is 3.00. The molecule has 0 saturated heterocycles. The number of amides is 1. The largest absolute Gasteiger partial charge is 0.535 e. The molecule has 138 valence electrons. The molecule has 0 aliphatic heterocycles. The van der Waals surface area contributed by atoms with Crippen molar-refractivity contribution in [3.8, 4) is 0 Å². The molecule has 0 radical (unpaired) electrons. The number of ether oxygens (including phenoxy) is 1. The van der Waals surface area contributed by atoms with Crippen molar-refractivity contribution < 1.29 is 24.3 Å². The van der Waals surface area contributed by atoms with E-state index in [2.05, 4.69) is 24.3 Å². The van der Waals surface area contributed by atoms with Crippen molar-refractivity contribution in [1.29, 1.82) is 0 Å². The average molecular weight is 343 g/mol. The Labute approximate surface area is 142 Å². The van der Waals surface area contributed by atoms with Crippen molar-refractivity contribution in [3.05, 3.63) is 0 Å². The molecule has 1 unspecified atom stereocenters. The lowest BCUT2D eigenvalue weighted by molar-refractivity contribution is 0.0437. The number of hydrogen-bond acceptors (Lipinski definition) is 5. The Morgan fingerprint density at radius 2 is 2.12 bits per heavy atom. The molecule has 1 saturated carbocycles. The fourth-order valence-corrected chi connectivity index (χ4v) is 2.91. The van der Waals surface area contributed by atoms with Crippen molar-refractivity contribution in [2.75, 3.05) is 6.61 Å². The van der Waals surface area contributed by atoms with Crippen LogP contribution in [0.15, 0.2) is 5.16 Å². The molecule has 8 nitrogen and oxygen atoms in total. The maximum absolute atomic E-state index is 11.6. The molecule has 1 aliphatic carbocycles. The summed E-state index contributed by atoms with van der Waals surface area (Å²) in [7, 11) is 0. The lowest BCUT2D eigenvalue weighted by Crippen LogP contribution is -2.41. The number of oxime groups is 1. The van der Waals surface area contributed by atoms with Crippen LogP contribution in [0.3, 0.4) is 0 Å². The molecule has 0 aromatic rings. The number of nitrogens with two attached hydrogens (primary N) is 1. The van der Waals surface area contributed by atoms with E-state index in [1.165, 1.54) is 0 Å². The maximum atomic E-state index is 11.6. The first kappa shape index (κ1) is 20.1. The number of carbonyl (C=O) groups excluding carboxylic acids is 1. The molecule has 0 aromatic heterocycles. The second kappa shape index (κ2) is 10.7. The summed E-state index contributed by atoms with van der Waals surface area (Å²) in [5.41, 5.74) is 5.83. The third kappa shape index (κ3) is 7.06. The molecular formula is C16H29N3O5. The number of carboxylic acid groups (broad SMARTS) is 1. The Kier molecular flexibility index (Phi) is 8.96. The zero-order chi connectivity index (χ0) is 17.9. The first-order valence-corrected chi connectivity index (χ1v) is 8.64. The Hall–Kier alpha value is -1.99. The van der Waals surface area contributed by atoms with Crippen molar-refractivity contribution in [3.63, 3.8) is 0 Å². The minimum Gasteiger partial charge on any atom is -0.465 e. The van der Waals surface area contributed by atoms with Gasteiger partial charge in [-0.15, -0.1) is 0 Å². The Morgan fingerprint density at radius 1 is 1.38 bits per heavy atom. The number of unbranched alkanes of at least 4 members (excludes halogenated alkanes) is 1. The molecule has 1 fully saturated rings. The van der Waals surface area contributed by atoms with Crippen LogP contribution in [0.1, 0.15) is 58.8 Å². The van der Waals surface area contributed by atoms with E-state index >= 15 is 0 Å². The van der Waals surface area contributed by atoms with Crippen molar-refractivity contribution in [2.45, 2.75) is 64.8 Å². The van der Waals surface area contributed by atoms with E-state index in [9.17, 15) is 9.59 Å². The van der Waals surface area contributed by atoms with Crippen LogP contribution in [0.25, 0.3) is 0 Å². The Morgan fingerprint density at radius 3 is 2.75 bits per heavy atom. The third-order valence-corrected chi connectivity index (χ3v) is 4.41. The zero-order valence-electron chi connectivity index (χ0n) is 14.5. The monoisotopic (exact) mass is 343 g/mol. The van der Waals surface area contributed by atoms with Crippen LogP contribution in [0.5, 0.6) is 0 Å². The molecule has 0 aromatic carbocycles. The van der Waals surface area contributed by atoms with E-state index in [0.29, 0.717) is 25.4 Å². The lowest BCUT2D eigenvalue weighted by atomic mass is 10.0. The second-order valence-corrected chi connectivity index (χ2v) is 6.18. The number of nitrogens with one attached hydrogen (secondary N) is 1. The summed E-state index contributed by atoms with van der Waals surface area (Å²) in [4.78, 5) is 27.0. The highest BCUT2D eigenvalue weighted by atomic mass is 16.8. The van der Waals surface area contributed by atoms with Crippen LogP contribution >= 0.6 is 0 Å². The standard InChI is InChI=1S/C16H29N3O5/c1-3-5-7-11(4-2)10-23-16(22)24-19-14(17)12-8-6-9-13(12)18-15(20)21/h11-13,18H,3-10H2,1-2H3,(H2,17,19)(H,20,21)/t11?,12-,13+/m1/s1. The summed E-state index contributed by atoms with van der Waals surface area (Å²) < 4.78 is 5.06. The van der Waals surface area contributed by atoms with Gasteiger partial charge in [0.05, 0.1) is 6.61 Å². The van der Waals surface area contributed by atoms with Crippen LogP contribution < -0.4 is 11.1 Å². The summed E-state index contributed by atoms with van der Waals surface area (Å²) in [6, 6.07) is -0.301. The normalized spacial score (nSPS) is 22.0. The molecule has 4 N–H and O–H groups in total. The summed E-state index contributed by atoms with van der Waals surface area (Å²) in [5.74, 6) is 0.167.